The summed E-state index contributed by atoms with van der Waals surface area (Å²) in [7, 11) is 1.92. The van der Waals surface area contributed by atoms with Crippen LogP contribution in [0.5, 0.6) is 0 Å². The summed E-state index contributed by atoms with van der Waals surface area (Å²) in [5, 5.41) is 4.19. The summed E-state index contributed by atoms with van der Waals surface area (Å²) in [4.78, 5) is 14.0. The molecule has 0 radical (unpaired) electrons. The number of aromatic nitrogens is 2. The van der Waals surface area contributed by atoms with Crippen LogP contribution in [-0.2, 0) is 18.6 Å². The van der Waals surface area contributed by atoms with E-state index in [9.17, 15) is 4.79 Å². The standard InChI is InChI=1S/C17H21Cl2N3O/c1-17(2,3)13-7-5-12(6-8-13)10-21(4)11-22-16(23)15(19)14(18)9-20-22/h5-9H,10-11H2,1-4H3. The van der Waals surface area contributed by atoms with Gasteiger partial charge in [-0.2, -0.15) is 5.10 Å². The van der Waals surface area contributed by atoms with Crippen LogP contribution < -0.4 is 5.56 Å². The summed E-state index contributed by atoms with van der Waals surface area (Å²) >= 11 is 11.6. The van der Waals surface area contributed by atoms with Crippen molar-refractivity contribution in [2.45, 2.75) is 39.4 Å². The lowest BCUT2D eigenvalue weighted by molar-refractivity contribution is 0.240. The average molecular weight is 354 g/mol. The van der Waals surface area contributed by atoms with Crippen molar-refractivity contribution in [3.63, 3.8) is 0 Å². The van der Waals surface area contributed by atoms with Crippen LogP contribution in [0.2, 0.25) is 10.0 Å². The predicted molar refractivity (Wildman–Crippen MR) is 95.1 cm³/mol. The molecule has 0 aliphatic heterocycles. The third-order valence-corrected chi connectivity index (χ3v) is 4.34. The molecule has 0 fully saturated rings. The highest BCUT2D eigenvalue weighted by Gasteiger charge is 2.13. The molecule has 2 rings (SSSR count). The zero-order valence-corrected chi connectivity index (χ0v) is 15.3. The molecule has 0 N–H and O–H groups in total. The molecule has 0 aliphatic carbocycles. The monoisotopic (exact) mass is 353 g/mol. The van der Waals surface area contributed by atoms with Crippen molar-refractivity contribution in [1.29, 1.82) is 0 Å². The first-order valence-electron chi connectivity index (χ1n) is 7.37. The molecule has 0 saturated carbocycles. The lowest BCUT2D eigenvalue weighted by atomic mass is 9.87. The van der Waals surface area contributed by atoms with Gasteiger partial charge in [0.15, 0.2) is 0 Å². The second-order valence-electron chi connectivity index (χ2n) is 6.71. The van der Waals surface area contributed by atoms with Crippen LogP contribution in [0.25, 0.3) is 0 Å². The molecule has 124 valence electrons. The van der Waals surface area contributed by atoms with Gasteiger partial charge in [0.2, 0.25) is 0 Å². The fourth-order valence-electron chi connectivity index (χ4n) is 2.25. The largest absolute Gasteiger partial charge is 0.288 e. The van der Waals surface area contributed by atoms with Gasteiger partial charge in [-0.3, -0.25) is 9.69 Å². The highest BCUT2D eigenvalue weighted by Crippen LogP contribution is 2.22. The Labute approximate surface area is 146 Å². The van der Waals surface area contributed by atoms with Gasteiger partial charge in [0.1, 0.15) is 5.02 Å². The number of halogens is 2. The Morgan fingerprint density at radius 1 is 1.17 bits per heavy atom. The van der Waals surface area contributed by atoms with Crippen molar-refractivity contribution in [2.24, 2.45) is 0 Å². The third-order valence-electron chi connectivity index (χ3n) is 3.59. The van der Waals surface area contributed by atoms with Crippen LogP contribution in [0.4, 0.5) is 0 Å². The van der Waals surface area contributed by atoms with Crippen molar-refractivity contribution in [2.75, 3.05) is 7.05 Å². The van der Waals surface area contributed by atoms with E-state index in [0.29, 0.717) is 13.2 Å². The smallest absolute Gasteiger partial charge is 0.283 e. The Morgan fingerprint density at radius 2 is 1.78 bits per heavy atom. The first-order chi connectivity index (χ1) is 10.7. The molecule has 1 heterocycles. The van der Waals surface area contributed by atoms with E-state index >= 15 is 0 Å². The van der Waals surface area contributed by atoms with Crippen molar-refractivity contribution in [3.05, 3.63) is 62.0 Å². The molecule has 4 nitrogen and oxygen atoms in total. The van der Waals surface area contributed by atoms with E-state index in [1.165, 1.54) is 22.0 Å². The fourth-order valence-corrected chi connectivity index (χ4v) is 2.52. The predicted octanol–water partition coefficient (Wildman–Crippen LogP) is 3.94. The molecule has 1 aromatic heterocycles. The third kappa shape index (κ3) is 4.56. The number of hydrogen-bond acceptors (Lipinski definition) is 3. The number of benzene rings is 1. The Hall–Kier alpha value is -1.36. The van der Waals surface area contributed by atoms with Crippen LogP contribution in [0.3, 0.4) is 0 Å². The minimum absolute atomic E-state index is 0.00426. The molecular formula is C17H21Cl2N3O. The number of hydrogen-bond donors (Lipinski definition) is 0. The van der Waals surface area contributed by atoms with Gasteiger partial charge < -0.3 is 0 Å². The van der Waals surface area contributed by atoms with E-state index in [1.54, 1.807) is 0 Å². The van der Waals surface area contributed by atoms with Gasteiger partial charge in [-0.15, -0.1) is 0 Å². The lowest BCUT2D eigenvalue weighted by Crippen LogP contribution is -2.31. The highest BCUT2D eigenvalue weighted by atomic mass is 35.5. The van der Waals surface area contributed by atoms with E-state index in [-0.39, 0.29) is 21.0 Å². The summed E-state index contributed by atoms with van der Waals surface area (Å²) in [5.41, 5.74) is 2.23. The van der Waals surface area contributed by atoms with Crippen molar-refractivity contribution < 1.29 is 0 Å². The molecule has 0 spiro atoms. The fraction of sp³-hybridized carbons (Fsp3) is 0.412. The first kappa shape index (κ1) is 18.0. The second-order valence-corrected chi connectivity index (χ2v) is 7.50. The molecule has 0 atom stereocenters. The van der Waals surface area contributed by atoms with Crippen LogP contribution in [0.15, 0.2) is 35.3 Å². The molecule has 1 aromatic carbocycles. The van der Waals surface area contributed by atoms with Gasteiger partial charge in [-0.1, -0.05) is 68.2 Å². The quantitative estimate of drug-likeness (QED) is 0.835. The Balaban J connectivity index is 2.07. The van der Waals surface area contributed by atoms with Crippen LogP contribution in [-0.4, -0.2) is 21.7 Å². The zero-order valence-electron chi connectivity index (χ0n) is 13.8. The van der Waals surface area contributed by atoms with Crippen molar-refractivity contribution >= 4 is 23.2 Å². The van der Waals surface area contributed by atoms with Crippen LogP contribution in [0.1, 0.15) is 31.9 Å². The minimum Gasteiger partial charge on any atom is -0.283 e. The maximum Gasteiger partial charge on any atom is 0.288 e. The Kier molecular flexibility index (Phi) is 5.50. The SMILES string of the molecule is CN(Cc1ccc(C(C)(C)C)cc1)Cn1ncc(Cl)c(Cl)c1=O. The minimum atomic E-state index is -0.380. The van der Waals surface area contributed by atoms with E-state index < -0.39 is 0 Å². The van der Waals surface area contributed by atoms with E-state index in [2.05, 4.69) is 50.1 Å². The maximum absolute atomic E-state index is 12.0. The van der Waals surface area contributed by atoms with Gasteiger partial charge in [0, 0.05) is 6.54 Å². The van der Waals surface area contributed by atoms with Crippen molar-refractivity contribution in [1.82, 2.24) is 14.7 Å². The second kappa shape index (κ2) is 7.04. The lowest BCUT2D eigenvalue weighted by Gasteiger charge is -2.21. The molecule has 23 heavy (non-hydrogen) atoms. The summed E-state index contributed by atoms with van der Waals surface area (Å²) in [5.74, 6) is 0. The normalized spacial score (nSPS) is 12.0. The molecule has 0 bridgehead atoms. The van der Waals surface area contributed by atoms with Gasteiger partial charge in [-0.25, -0.2) is 4.68 Å². The average Bonchev–Trinajstić information content (AvgIpc) is 2.47. The van der Waals surface area contributed by atoms with Crippen LogP contribution >= 0.6 is 23.2 Å². The Morgan fingerprint density at radius 3 is 2.35 bits per heavy atom. The molecule has 0 aliphatic rings. The maximum atomic E-state index is 12.0. The van der Waals surface area contributed by atoms with Crippen LogP contribution in [0, 0.1) is 0 Å². The molecular weight excluding hydrogens is 333 g/mol. The van der Waals surface area contributed by atoms with Gasteiger partial charge >= 0.3 is 0 Å². The van der Waals surface area contributed by atoms with Gasteiger partial charge in [0.05, 0.1) is 17.9 Å². The Bertz CT molecular complexity index is 733. The first-order valence-corrected chi connectivity index (χ1v) is 8.13. The summed E-state index contributed by atoms with van der Waals surface area (Å²) < 4.78 is 1.30. The summed E-state index contributed by atoms with van der Waals surface area (Å²) in [6, 6.07) is 8.52. The number of rotatable bonds is 4. The summed E-state index contributed by atoms with van der Waals surface area (Å²) in [6.45, 7) is 7.62. The van der Waals surface area contributed by atoms with E-state index in [4.69, 9.17) is 23.2 Å². The van der Waals surface area contributed by atoms with E-state index in [0.717, 1.165) is 0 Å². The van der Waals surface area contributed by atoms with Crippen molar-refractivity contribution in [3.8, 4) is 0 Å². The molecule has 6 heteroatoms. The van der Waals surface area contributed by atoms with Gasteiger partial charge in [-0.05, 0) is 23.6 Å². The van der Waals surface area contributed by atoms with E-state index in [1.807, 2.05) is 11.9 Å². The van der Waals surface area contributed by atoms with Gasteiger partial charge in [0.25, 0.3) is 5.56 Å². The molecule has 0 saturated heterocycles. The molecule has 0 unspecified atom stereocenters. The summed E-state index contributed by atoms with van der Waals surface area (Å²) in [6.07, 6.45) is 1.39. The molecule has 2 aromatic rings. The molecule has 0 amide bonds. The highest BCUT2D eigenvalue weighted by molar-refractivity contribution is 6.41. The zero-order chi connectivity index (χ0) is 17.2. The topological polar surface area (TPSA) is 38.1 Å². The number of nitrogens with zero attached hydrogens (tertiary/aromatic N) is 3.